The van der Waals surface area contributed by atoms with Crippen LogP contribution in [0.25, 0.3) is 11.1 Å². The van der Waals surface area contributed by atoms with E-state index < -0.39 is 0 Å². The van der Waals surface area contributed by atoms with Crippen molar-refractivity contribution in [1.82, 2.24) is 4.90 Å². The van der Waals surface area contributed by atoms with Crippen LogP contribution in [0.2, 0.25) is 5.02 Å². The van der Waals surface area contributed by atoms with Crippen molar-refractivity contribution in [2.45, 2.75) is 13.1 Å². The molecule has 2 heterocycles. The average molecular weight is 356 g/mol. The molecule has 25 heavy (non-hydrogen) atoms. The second-order valence-electron chi connectivity index (χ2n) is 6.18. The van der Waals surface area contributed by atoms with Crippen LogP contribution in [0, 0.1) is 0 Å². The van der Waals surface area contributed by atoms with E-state index in [9.17, 15) is 5.11 Å². The van der Waals surface area contributed by atoms with Gasteiger partial charge >= 0.3 is 0 Å². The molecule has 0 saturated heterocycles. The fourth-order valence-corrected chi connectivity index (χ4v) is 3.35. The normalized spacial score (nSPS) is 14.6. The lowest BCUT2D eigenvalue weighted by atomic mass is 10.0. The molecule has 0 bridgehead atoms. The summed E-state index contributed by atoms with van der Waals surface area (Å²) in [6.45, 7) is 2.80. The van der Waals surface area contributed by atoms with Gasteiger partial charge in [-0.05, 0) is 41.5 Å². The molecule has 2 aromatic carbocycles. The van der Waals surface area contributed by atoms with Gasteiger partial charge in [0, 0.05) is 35.8 Å². The van der Waals surface area contributed by atoms with Gasteiger partial charge in [-0.3, -0.25) is 4.90 Å². The van der Waals surface area contributed by atoms with E-state index in [-0.39, 0.29) is 5.75 Å². The molecule has 0 amide bonds. The number of fused-ring (bicyclic) bond motifs is 1. The SMILES string of the molecule is Oc1cc(-c2cccc(Cl)c2)cc2c1OCCN(Cc1ccoc1)C2. The molecule has 0 atom stereocenters. The van der Waals surface area contributed by atoms with Crippen LogP contribution >= 0.6 is 11.6 Å². The maximum atomic E-state index is 10.4. The van der Waals surface area contributed by atoms with Gasteiger partial charge in [0.2, 0.25) is 0 Å². The summed E-state index contributed by atoms with van der Waals surface area (Å²) in [6, 6.07) is 13.4. The minimum atomic E-state index is 0.164. The number of phenols is 1. The lowest BCUT2D eigenvalue weighted by Gasteiger charge is -2.18. The Bertz CT molecular complexity index is 877. The number of halogens is 1. The van der Waals surface area contributed by atoms with Gasteiger partial charge < -0.3 is 14.3 Å². The summed E-state index contributed by atoms with van der Waals surface area (Å²) in [7, 11) is 0. The summed E-state index contributed by atoms with van der Waals surface area (Å²) in [5, 5.41) is 11.1. The number of rotatable bonds is 3. The Labute approximate surface area is 151 Å². The Morgan fingerprint density at radius 3 is 2.84 bits per heavy atom. The zero-order valence-electron chi connectivity index (χ0n) is 13.6. The van der Waals surface area contributed by atoms with E-state index >= 15 is 0 Å². The number of hydrogen-bond acceptors (Lipinski definition) is 4. The lowest BCUT2D eigenvalue weighted by Crippen LogP contribution is -2.25. The van der Waals surface area contributed by atoms with Crippen LogP contribution in [0.5, 0.6) is 11.5 Å². The van der Waals surface area contributed by atoms with Gasteiger partial charge in [-0.25, -0.2) is 0 Å². The van der Waals surface area contributed by atoms with Crippen LogP contribution in [-0.4, -0.2) is 23.2 Å². The second kappa shape index (κ2) is 6.82. The highest BCUT2D eigenvalue weighted by atomic mass is 35.5. The van der Waals surface area contributed by atoms with Crippen LogP contribution < -0.4 is 4.74 Å². The van der Waals surface area contributed by atoms with E-state index in [0.717, 1.165) is 35.3 Å². The maximum absolute atomic E-state index is 10.4. The van der Waals surface area contributed by atoms with Crippen molar-refractivity contribution in [3.8, 4) is 22.6 Å². The van der Waals surface area contributed by atoms with Gasteiger partial charge in [0.15, 0.2) is 11.5 Å². The molecule has 4 nitrogen and oxygen atoms in total. The molecular weight excluding hydrogens is 338 g/mol. The quantitative estimate of drug-likeness (QED) is 0.739. The molecule has 3 aromatic rings. The number of hydrogen-bond donors (Lipinski definition) is 1. The lowest BCUT2D eigenvalue weighted by molar-refractivity contribution is 0.217. The number of furan rings is 1. The van der Waals surface area contributed by atoms with Crippen LogP contribution in [0.15, 0.2) is 59.4 Å². The van der Waals surface area contributed by atoms with Crippen molar-refractivity contribution in [3.63, 3.8) is 0 Å². The Balaban J connectivity index is 1.67. The Morgan fingerprint density at radius 1 is 1.12 bits per heavy atom. The minimum Gasteiger partial charge on any atom is -0.504 e. The predicted octanol–water partition coefficient (Wildman–Crippen LogP) is 4.70. The van der Waals surface area contributed by atoms with Crippen molar-refractivity contribution in [1.29, 1.82) is 0 Å². The Hall–Kier alpha value is -2.43. The van der Waals surface area contributed by atoms with E-state index in [4.69, 9.17) is 20.8 Å². The van der Waals surface area contributed by atoms with Crippen molar-refractivity contribution < 1.29 is 14.3 Å². The highest BCUT2D eigenvalue weighted by molar-refractivity contribution is 6.30. The molecule has 0 fully saturated rings. The maximum Gasteiger partial charge on any atom is 0.165 e. The van der Waals surface area contributed by atoms with Gasteiger partial charge in [-0.2, -0.15) is 0 Å². The van der Waals surface area contributed by atoms with Gasteiger partial charge in [-0.15, -0.1) is 0 Å². The third kappa shape index (κ3) is 3.50. The number of ether oxygens (including phenoxy) is 1. The molecule has 0 aliphatic carbocycles. The minimum absolute atomic E-state index is 0.164. The van der Waals surface area contributed by atoms with E-state index in [1.54, 1.807) is 18.6 Å². The molecule has 128 valence electrons. The molecule has 0 spiro atoms. The first-order chi connectivity index (χ1) is 12.2. The Morgan fingerprint density at radius 2 is 2.04 bits per heavy atom. The molecular formula is C20H18ClNO3. The number of benzene rings is 2. The van der Waals surface area contributed by atoms with Crippen molar-refractivity contribution in [3.05, 3.63) is 71.1 Å². The monoisotopic (exact) mass is 355 g/mol. The van der Waals surface area contributed by atoms with Gasteiger partial charge in [0.05, 0.1) is 12.5 Å². The highest BCUT2D eigenvalue weighted by Crippen LogP contribution is 2.38. The topological polar surface area (TPSA) is 45.8 Å². The molecule has 1 aromatic heterocycles. The summed E-state index contributed by atoms with van der Waals surface area (Å²) >= 11 is 6.10. The van der Waals surface area contributed by atoms with Gasteiger partial charge in [-0.1, -0.05) is 23.7 Å². The summed E-state index contributed by atoms with van der Waals surface area (Å²) in [6.07, 6.45) is 3.44. The number of nitrogens with zero attached hydrogens (tertiary/aromatic N) is 1. The van der Waals surface area contributed by atoms with Crippen molar-refractivity contribution in [2.24, 2.45) is 0 Å². The van der Waals surface area contributed by atoms with E-state index in [0.29, 0.717) is 23.9 Å². The zero-order valence-corrected chi connectivity index (χ0v) is 14.4. The van der Waals surface area contributed by atoms with Gasteiger partial charge in [0.1, 0.15) is 6.61 Å². The summed E-state index contributed by atoms with van der Waals surface area (Å²) < 4.78 is 11.0. The third-order valence-electron chi connectivity index (χ3n) is 4.34. The number of phenolic OH excluding ortho intramolecular Hbond substituents is 1. The van der Waals surface area contributed by atoms with Crippen molar-refractivity contribution >= 4 is 11.6 Å². The second-order valence-corrected chi connectivity index (χ2v) is 6.62. The standard InChI is InChI=1S/C20H18ClNO3/c21-18-3-1-2-15(9-18)16-8-17-12-22(11-14-4-6-24-13-14)5-7-25-20(17)19(23)10-16/h1-4,6,8-10,13,23H,5,7,11-12H2. The molecule has 1 N–H and O–H groups in total. The first kappa shape index (κ1) is 16.1. The molecule has 5 heteroatoms. The molecule has 1 aliphatic rings. The summed E-state index contributed by atoms with van der Waals surface area (Å²) in [5.74, 6) is 0.734. The summed E-state index contributed by atoms with van der Waals surface area (Å²) in [4.78, 5) is 2.28. The average Bonchev–Trinajstić information content (AvgIpc) is 3.01. The fraction of sp³-hybridized carbons (Fsp3) is 0.200. The smallest absolute Gasteiger partial charge is 0.165 e. The highest BCUT2D eigenvalue weighted by Gasteiger charge is 2.20. The van der Waals surface area contributed by atoms with Crippen LogP contribution in [0.1, 0.15) is 11.1 Å². The Kier molecular flexibility index (Phi) is 4.38. The van der Waals surface area contributed by atoms with Crippen LogP contribution in [-0.2, 0) is 13.1 Å². The molecule has 0 unspecified atom stereocenters. The largest absolute Gasteiger partial charge is 0.504 e. The first-order valence-corrected chi connectivity index (χ1v) is 8.55. The molecule has 0 saturated carbocycles. The summed E-state index contributed by atoms with van der Waals surface area (Å²) in [5.41, 5.74) is 3.98. The molecule has 0 radical (unpaired) electrons. The predicted molar refractivity (Wildman–Crippen MR) is 96.9 cm³/mol. The van der Waals surface area contributed by atoms with Gasteiger partial charge in [0.25, 0.3) is 0 Å². The van der Waals surface area contributed by atoms with E-state index in [2.05, 4.69) is 11.0 Å². The molecule has 4 rings (SSSR count). The first-order valence-electron chi connectivity index (χ1n) is 8.17. The number of aromatic hydroxyl groups is 1. The van der Waals surface area contributed by atoms with Crippen molar-refractivity contribution in [2.75, 3.05) is 13.2 Å². The molecule has 1 aliphatic heterocycles. The third-order valence-corrected chi connectivity index (χ3v) is 4.57. The zero-order chi connectivity index (χ0) is 17.2. The van der Waals surface area contributed by atoms with Crippen LogP contribution in [0.4, 0.5) is 0 Å². The fourth-order valence-electron chi connectivity index (χ4n) is 3.16. The van der Waals surface area contributed by atoms with E-state index in [1.165, 1.54) is 0 Å². The van der Waals surface area contributed by atoms with E-state index in [1.807, 2.05) is 30.3 Å². The van der Waals surface area contributed by atoms with Crippen LogP contribution in [0.3, 0.4) is 0 Å².